The van der Waals surface area contributed by atoms with Gasteiger partial charge < -0.3 is 15.4 Å². The molecule has 2 N–H and O–H groups in total. The lowest BCUT2D eigenvalue weighted by Crippen LogP contribution is -2.25. The van der Waals surface area contributed by atoms with Gasteiger partial charge in [0.15, 0.2) is 0 Å². The summed E-state index contributed by atoms with van der Waals surface area (Å²) in [5.41, 5.74) is 0.237. The molecule has 1 aromatic carbocycles. The molecule has 0 heterocycles. The highest BCUT2D eigenvalue weighted by Gasteiger charge is 2.21. The minimum atomic E-state index is -0.623. The maximum Gasteiger partial charge on any atom is 0.299 e. The fraction of sp³-hybridized carbons (Fsp3) is 0.429. The zero-order valence-electron chi connectivity index (χ0n) is 11.5. The standard InChI is InChI=1S/C14H19N3O2/c1-14(2,16-4)17-11-5-7-12(8-6-11)19-10-9-13(18)15-3/h5-8,17H,9-10H2,1-3H3,(H,15,18). The van der Waals surface area contributed by atoms with Crippen LogP contribution in [0, 0.1) is 6.57 Å². The molecule has 0 aliphatic rings. The van der Waals surface area contributed by atoms with Gasteiger partial charge in [-0.15, -0.1) is 0 Å². The molecule has 5 nitrogen and oxygen atoms in total. The number of carbonyl (C=O) groups is 1. The number of ether oxygens (including phenoxy) is 1. The lowest BCUT2D eigenvalue weighted by atomic mass is 10.2. The monoisotopic (exact) mass is 261 g/mol. The minimum Gasteiger partial charge on any atom is -0.493 e. The van der Waals surface area contributed by atoms with Crippen LogP contribution >= 0.6 is 0 Å². The van der Waals surface area contributed by atoms with Crippen molar-refractivity contribution in [2.24, 2.45) is 0 Å². The van der Waals surface area contributed by atoms with Crippen LogP contribution in [-0.2, 0) is 4.79 Å². The van der Waals surface area contributed by atoms with Crippen molar-refractivity contribution in [3.05, 3.63) is 35.7 Å². The molecule has 5 heteroatoms. The Balaban J connectivity index is 2.48. The predicted molar refractivity (Wildman–Crippen MR) is 74.9 cm³/mol. The summed E-state index contributed by atoms with van der Waals surface area (Å²) < 4.78 is 5.44. The summed E-state index contributed by atoms with van der Waals surface area (Å²) in [4.78, 5) is 14.5. The van der Waals surface area contributed by atoms with E-state index in [1.165, 1.54) is 0 Å². The van der Waals surface area contributed by atoms with Crippen molar-refractivity contribution in [2.45, 2.75) is 25.9 Å². The Hall–Kier alpha value is -2.22. The number of anilines is 1. The van der Waals surface area contributed by atoms with E-state index in [0.717, 1.165) is 5.69 Å². The van der Waals surface area contributed by atoms with E-state index in [1.807, 2.05) is 38.1 Å². The summed E-state index contributed by atoms with van der Waals surface area (Å²) in [7, 11) is 1.60. The van der Waals surface area contributed by atoms with Crippen molar-refractivity contribution in [1.82, 2.24) is 5.32 Å². The Morgan fingerprint density at radius 3 is 2.53 bits per heavy atom. The van der Waals surface area contributed by atoms with Crippen molar-refractivity contribution in [1.29, 1.82) is 0 Å². The molecular weight excluding hydrogens is 242 g/mol. The van der Waals surface area contributed by atoms with Crippen molar-refractivity contribution in [3.8, 4) is 5.75 Å². The zero-order chi connectivity index (χ0) is 14.3. The summed E-state index contributed by atoms with van der Waals surface area (Å²) in [5.74, 6) is 0.659. The highest BCUT2D eigenvalue weighted by molar-refractivity contribution is 5.75. The first-order chi connectivity index (χ1) is 8.96. The normalized spacial score (nSPS) is 10.4. The van der Waals surface area contributed by atoms with Crippen molar-refractivity contribution in [2.75, 3.05) is 19.0 Å². The van der Waals surface area contributed by atoms with Crippen LogP contribution in [0.2, 0.25) is 0 Å². The summed E-state index contributed by atoms with van der Waals surface area (Å²) in [6.45, 7) is 11.0. The van der Waals surface area contributed by atoms with E-state index in [0.29, 0.717) is 18.8 Å². The third kappa shape index (κ3) is 5.30. The van der Waals surface area contributed by atoms with E-state index in [4.69, 9.17) is 11.3 Å². The van der Waals surface area contributed by atoms with E-state index >= 15 is 0 Å². The Bertz CT molecular complexity index is 461. The molecule has 0 bridgehead atoms. The number of hydrogen-bond donors (Lipinski definition) is 2. The molecule has 0 unspecified atom stereocenters. The number of rotatable bonds is 6. The van der Waals surface area contributed by atoms with Crippen LogP contribution in [0.5, 0.6) is 5.75 Å². The lowest BCUT2D eigenvalue weighted by Gasteiger charge is -2.15. The smallest absolute Gasteiger partial charge is 0.299 e. The number of nitrogens with one attached hydrogen (secondary N) is 2. The molecule has 19 heavy (non-hydrogen) atoms. The van der Waals surface area contributed by atoms with Crippen molar-refractivity contribution in [3.63, 3.8) is 0 Å². The Morgan fingerprint density at radius 2 is 2.00 bits per heavy atom. The van der Waals surface area contributed by atoms with Gasteiger partial charge in [-0.05, 0) is 24.3 Å². The van der Waals surface area contributed by atoms with Crippen LogP contribution < -0.4 is 15.4 Å². The van der Waals surface area contributed by atoms with Gasteiger partial charge >= 0.3 is 0 Å². The van der Waals surface area contributed by atoms with Crippen LogP contribution in [0.3, 0.4) is 0 Å². The van der Waals surface area contributed by atoms with E-state index < -0.39 is 5.66 Å². The Kier molecular flexibility index (Phi) is 5.19. The highest BCUT2D eigenvalue weighted by atomic mass is 16.5. The van der Waals surface area contributed by atoms with Gasteiger partial charge in [0.25, 0.3) is 5.66 Å². The number of benzene rings is 1. The van der Waals surface area contributed by atoms with Gasteiger partial charge in [0.2, 0.25) is 5.91 Å². The topological polar surface area (TPSA) is 54.7 Å². The molecule has 1 aromatic rings. The lowest BCUT2D eigenvalue weighted by molar-refractivity contribution is -0.121. The number of hydrogen-bond acceptors (Lipinski definition) is 3. The Morgan fingerprint density at radius 1 is 1.37 bits per heavy atom. The average Bonchev–Trinajstić information content (AvgIpc) is 2.40. The molecule has 0 fully saturated rings. The summed E-state index contributed by atoms with van der Waals surface area (Å²) in [6, 6.07) is 7.32. The molecule has 1 rings (SSSR count). The van der Waals surface area contributed by atoms with Gasteiger partial charge in [-0.1, -0.05) is 0 Å². The molecule has 0 spiro atoms. The molecule has 0 radical (unpaired) electrons. The minimum absolute atomic E-state index is 0.0444. The van der Waals surface area contributed by atoms with E-state index in [1.54, 1.807) is 7.05 Å². The summed E-state index contributed by atoms with van der Waals surface area (Å²) in [5, 5.41) is 5.64. The van der Waals surface area contributed by atoms with E-state index in [9.17, 15) is 4.79 Å². The largest absolute Gasteiger partial charge is 0.493 e. The van der Waals surface area contributed by atoms with Gasteiger partial charge in [0.05, 0.1) is 13.0 Å². The summed E-state index contributed by atoms with van der Waals surface area (Å²) >= 11 is 0. The average molecular weight is 261 g/mol. The number of amides is 1. The molecule has 0 aliphatic heterocycles. The third-order valence-electron chi connectivity index (χ3n) is 2.46. The van der Waals surface area contributed by atoms with Gasteiger partial charge in [-0.2, -0.15) is 0 Å². The third-order valence-corrected chi connectivity index (χ3v) is 2.46. The molecule has 1 amide bonds. The molecule has 0 atom stereocenters. The molecule has 102 valence electrons. The molecule has 0 saturated heterocycles. The maximum atomic E-state index is 11.0. The predicted octanol–water partition coefficient (Wildman–Crippen LogP) is 2.27. The first-order valence-electron chi connectivity index (χ1n) is 6.07. The van der Waals surface area contributed by atoms with Crippen LogP contribution in [0.1, 0.15) is 20.3 Å². The fourth-order valence-electron chi connectivity index (χ4n) is 1.40. The van der Waals surface area contributed by atoms with E-state index in [-0.39, 0.29) is 5.91 Å². The zero-order valence-corrected chi connectivity index (χ0v) is 11.5. The fourth-order valence-corrected chi connectivity index (χ4v) is 1.40. The van der Waals surface area contributed by atoms with E-state index in [2.05, 4.69) is 15.5 Å². The second kappa shape index (κ2) is 6.64. The van der Waals surface area contributed by atoms with Gasteiger partial charge in [-0.3, -0.25) is 9.64 Å². The van der Waals surface area contributed by atoms with Crippen LogP contribution in [0.15, 0.2) is 24.3 Å². The molecule has 0 aliphatic carbocycles. The number of carbonyl (C=O) groups excluding carboxylic acids is 1. The molecule has 0 aromatic heterocycles. The van der Waals surface area contributed by atoms with Crippen LogP contribution in [0.4, 0.5) is 5.69 Å². The maximum absolute atomic E-state index is 11.0. The van der Waals surface area contributed by atoms with Crippen molar-refractivity contribution >= 4 is 11.6 Å². The van der Waals surface area contributed by atoms with Gasteiger partial charge in [0, 0.05) is 26.6 Å². The SMILES string of the molecule is [C-]#[N+]C(C)(C)Nc1ccc(OCCC(=O)NC)cc1. The number of nitrogens with zero attached hydrogens (tertiary/aromatic N) is 1. The first kappa shape index (κ1) is 14.8. The second-order valence-corrected chi connectivity index (χ2v) is 4.59. The first-order valence-corrected chi connectivity index (χ1v) is 6.07. The highest BCUT2D eigenvalue weighted by Crippen LogP contribution is 2.20. The summed E-state index contributed by atoms with van der Waals surface area (Å²) in [6.07, 6.45) is 0.335. The van der Waals surface area contributed by atoms with Gasteiger partial charge in [-0.25, -0.2) is 6.57 Å². The van der Waals surface area contributed by atoms with Crippen molar-refractivity contribution < 1.29 is 9.53 Å². The Labute approximate surface area is 113 Å². The molecular formula is C14H19N3O2. The second-order valence-electron chi connectivity index (χ2n) is 4.59. The van der Waals surface area contributed by atoms with Crippen LogP contribution in [0.25, 0.3) is 4.85 Å². The molecule has 0 saturated carbocycles. The van der Waals surface area contributed by atoms with Crippen LogP contribution in [-0.4, -0.2) is 25.2 Å². The van der Waals surface area contributed by atoms with Gasteiger partial charge in [0.1, 0.15) is 5.75 Å². The quantitative estimate of drug-likeness (QED) is 0.772.